The molecular formula is C23H33N5O2. The molecule has 2 atom stereocenters. The summed E-state index contributed by atoms with van der Waals surface area (Å²) in [5.41, 5.74) is 2.47. The van der Waals surface area contributed by atoms with Crippen LogP contribution < -0.4 is 15.5 Å². The zero-order valence-electron chi connectivity index (χ0n) is 18.8. The fourth-order valence-corrected chi connectivity index (χ4v) is 3.31. The highest BCUT2D eigenvalue weighted by Crippen LogP contribution is 2.26. The number of amides is 1. The molecule has 1 saturated heterocycles. The summed E-state index contributed by atoms with van der Waals surface area (Å²) in [5, 5.41) is 6.84. The summed E-state index contributed by atoms with van der Waals surface area (Å²) < 4.78 is 5.24. The summed E-state index contributed by atoms with van der Waals surface area (Å²) in [6.07, 6.45) is 1.31. The molecule has 7 heteroatoms. The van der Waals surface area contributed by atoms with Crippen LogP contribution in [0.1, 0.15) is 58.7 Å². The number of ether oxygens (including phenoxy) is 1. The van der Waals surface area contributed by atoms with E-state index in [1.165, 1.54) is 5.56 Å². The van der Waals surface area contributed by atoms with E-state index in [0.717, 1.165) is 12.1 Å². The summed E-state index contributed by atoms with van der Waals surface area (Å²) in [6.45, 7) is 13.9. The lowest BCUT2D eigenvalue weighted by atomic mass is 10.0. The molecule has 3 rings (SSSR count). The van der Waals surface area contributed by atoms with Gasteiger partial charge in [0.2, 0.25) is 5.95 Å². The molecule has 2 N–H and O–H groups in total. The molecular weight excluding hydrogens is 378 g/mol. The van der Waals surface area contributed by atoms with Crippen molar-refractivity contribution in [3.8, 4) is 0 Å². The van der Waals surface area contributed by atoms with Crippen LogP contribution in [0.3, 0.4) is 0 Å². The van der Waals surface area contributed by atoms with Crippen molar-refractivity contribution in [1.82, 2.24) is 15.3 Å². The fraction of sp³-hybridized carbons (Fsp3) is 0.522. The van der Waals surface area contributed by atoms with E-state index in [9.17, 15) is 4.79 Å². The van der Waals surface area contributed by atoms with E-state index >= 15 is 0 Å². The van der Waals surface area contributed by atoms with Crippen molar-refractivity contribution < 1.29 is 9.53 Å². The van der Waals surface area contributed by atoms with Gasteiger partial charge in [-0.3, -0.25) is 4.90 Å². The molecule has 0 radical (unpaired) electrons. The van der Waals surface area contributed by atoms with Crippen LogP contribution in [0, 0.1) is 5.92 Å². The number of benzene rings is 1. The van der Waals surface area contributed by atoms with E-state index in [2.05, 4.69) is 86.4 Å². The van der Waals surface area contributed by atoms with Crippen molar-refractivity contribution in [2.24, 2.45) is 5.92 Å². The van der Waals surface area contributed by atoms with Crippen LogP contribution in [-0.4, -0.2) is 34.2 Å². The molecule has 1 aromatic heterocycles. The molecule has 1 unspecified atom stereocenters. The Hall–Kier alpha value is -2.67. The molecule has 1 fully saturated rings. The van der Waals surface area contributed by atoms with Gasteiger partial charge in [0, 0.05) is 18.3 Å². The Labute approximate surface area is 179 Å². The molecule has 2 heterocycles. The van der Waals surface area contributed by atoms with E-state index in [1.807, 2.05) is 0 Å². The largest absolute Gasteiger partial charge is 0.447 e. The molecule has 1 amide bonds. The van der Waals surface area contributed by atoms with Crippen molar-refractivity contribution in [2.75, 3.05) is 16.8 Å². The van der Waals surface area contributed by atoms with Crippen molar-refractivity contribution in [1.29, 1.82) is 0 Å². The number of rotatable bonds is 7. The minimum atomic E-state index is -0.356. The summed E-state index contributed by atoms with van der Waals surface area (Å²) in [6, 6.07) is 10.3. The van der Waals surface area contributed by atoms with E-state index < -0.39 is 0 Å². The van der Waals surface area contributed by atoms with Gasteiger partial charge in [-0.2, -0.15) is 4.98 Å². The normalized spacial score (nSPS) is 17.9. The molecule has 1 aliphatic rings. The van der Waals surface area contributed by atoms with Crippen LogP contribution in [0.15, 0.2) is 36.5 Å². The second kappa shape index (κ2) is 9.00. The van der Waals surface area contributed by atoms with Crippen LogP contribution in [0.5, 0.6) is 0 Å². The number of anilines is 2. The van der Waals surface area contributed by atoms with Gasteiger partial charge < -0.3 is 15.4 Å². The molecule has 0 saturated carbocycles. The minimum Gasteiger partial charge on any atom is -0.447 e. The summed E-state index contributed by atoms with van der Waals surface area (Å²) >= 11 is 0. The first-order chi connectivity index (χ1) is 14.1. The van der Waals surface area contributed by atoms with E-state index in [0.29, 0.717) is 18.4 Å². The number of carbonyl (C=O) groups is 1. The van der Waals surface area contributed by atoms with E-state index in [-0.39, 0.29) is 29.6 Å². The lowest BCUT2D eigenvalue weighted by Gasteiger charge is -2.24. The van der Waals surface area contributed by atoms with Crippen LogP contribution >= 0.6 is 0 Å². The van der Waals surface area contributed by atoms with Crippen LogP contribution in [0.2, 0.25) is 0 Å². The number of nitrogens with one attached hydrogen (secondary N) is 2. The predicted molar refractivity (Wildman–Crippen MR) is 120 cm³/mol. The Morgan fingerprint density at radius 1 is 1.17 bits per heavy atom. The number of nitrogens with zero attached hydrogens (tertiary/aromatic N) is 3. The first-order valence-electron chi connectivity index (χ1n) is 10.5. The van der Waals surface area contributed by atoms with Crippen LogP contribution in [0.4, 0.5) is 16.6 Å². The number of aromatic nitrogens is 2. The van der Waals surface area contributed by atoms with E-state index in [1.54, 1.807) is 17.2 Å². The maximum absolute atomic E-state index is 12.2. The number of cyclic esters (lactones) is 1. The van der Waals surface area contributed by atoms with Gasteiger partial charge in [-0.15, -0.1) is 0 Å². The first-order valence-corrected chi connectivity index (χ1v) is 10.5. The fourth-order valence-electron chi connectivity index (χ4n) is 3.31. The third-order valence-electron chi connectivity index (χ3n) is 5.21. The second-order valence-electron chi connectivity index (χ2n) is 9.21. The maximum Gasteiger partial charge on any atom is 0.415 e. The van der Waals surface area contributed by atoms with Gasteiger partial charge in [0.1, 0.15) is 12.4 Å². The van der Waals surface area contributed by atoms with Crippen molar-refractivity contribution in [3.63, 3.8) is 0 Å². The highest BCUT2D eigenvalue weighted by molar-refractivity contribution is 5.89. The molecule has 30 heavy (non-hydrogen) atoms. The van der Waals surface area contributed by atoms with Gasteiger partial charge in [-0.1, -0.05) is 38.1 Å². The van der Waals surface area contributed by atoms with Gasteiger partial charge >= 0.3 is 6.09 Å². The molecule has 0 bridgehead atoms. The maximum atomic E-state index is 12.2. The third-order valence-corrected chi connectivity index (χ3v) is 5.21. The minimum absolute atomic E-state index is 0.0214. The van der Waals surface area contributed by atoms with Gasteiger partial charge in [0.15, 0.2) is 0 Å². The molecule has 2 aromatic rings. The SMILES string of the molecule is CC(C)C1COC(=O)N1c1ccnc(N[C@@H](C)c2ccc(CNC(C)(C)C)cc2)n1. The predicted octanol–water partition coefficient (Wildman–Crippen LogP) is 4.52. The number of carbonyl (C=O) groups excluding carboxylic acids is 1. The van der Waals surface area contributed by atoms with Crippen molar-refractivity contribution in [3.05, 3.63) is 47.7 Å². The smallest absolute Gasteiger partial charge is 0.415 e. The van der Waals surface area contributed by atoms with Crippen molar-refractivity contribution >= 4 is 17.9 Å². The molecule has 0 aliphatic carbocycles. The van der Waals surface area contributed by atoms with Gasteiger partial charge in [0.25, 0.3) is 0 Å². The van der Waals surface area contributed by atoms with Gasteiger partial charge in [-0.25, -0.2) is 9.78 Å². The summed E-state index contributed by atoms with van der Waals surface area (Å²) in [5.74, 6) is 1.32. The average Bonchev–Trinajstić information content (AvgIpc) is 3.08. The van der Waals surface area contributed by atoms with Gasteiger partial charge in [0.05, 0.1) is 12.1 Å². The zero-order valence-corrected chi connectivity index (χ0v) is 18.8. The molecule has 0 spiro atoms. The lowest BCUT2D eigenvalue weighted by Crippen LogP contribution is -2.37. The molecule has 1 aromatic carbocycles. The highest BCUT2D eigenvalue weighted by Gasteiger charge is 2.37. The third kappa shape index (κ3) is 5.48. The zero-order chi connectivity index (χ0) is 21.9. The average molecular weight is 412 g/mol. The van der Waals surface area contributed by atoms with Crippen LogP contribution in [0.25, 0.3) is 0 Å². The Kier molecular flexibility index (Phi) is 6.61. The topological polar surface area (TPSA) is 79.4 Å². The van der Waals surface area contributed by atoms with Crippen LogP contribution in [-0.2, 0) is 11.3 Å². The van der Waals surface area contributed by atoms with E-state index in [4.69, 9.17) is 4.74 Å². The molecule has 1 aliphatic heterocycles. The Morgan fingerprint density at radius 3 is 2.50 bits per heavy atom. The Bertz CT molecular complexity index is 861. The molecule has 7 nitrogen and oxygen atoms in total. The summed E-state index contributed by atoms with van der Waals surface area (Å²) in [7, 11) is 0. The van der Waals surface area contributed by atoms with Crippen molar-refractivity contribution in [2.45, 2.75) is 65.7 Å². The number of hydrogen-bond acceptors (Lipinski definition) is 6. The monoisotopic (exact) mass is 411 g/mol. The second-order valence-corrected chi connectivity index (χ2v) is 9.21. The quantitative estimate of drug-likeness (QED) is 0.697. The standard InChI is InChI=1S/C23H33N5O2/c1-15(2)19-14-30-22(29)28(19)20-11-12-24-21(27-20)26-16(3)18-9-7-17(8-10-18)13-25-23(4,5)6/h7-12,15-16,19,25H,13-14H2,1-6H3,(H,24,26,27)/t16-,19?/m0/s1. The summed E-state index contributed by atoms with van der Waals surface area (Å²) in [4.78, 5) is 22.7. The Balaban J connectivity index is 1.68. The highest BCUT2D eigenvalue weighted by atomic mass is 16.6. The Morgan fingerprint density at radius 2 is 1.87 bits per heavy atom. The molecule has 162 valence electrons. The first kappa shape index (κ1) is 22.0. The lowest BCUT2D eigenvalue weighted by molar-refractivity contribution is 0.177. The number of hydrogen-bond donors (Lipinski definition) is 2. The van der Waals surface area contributed by atoms with Gasteiger partial charge in [-0.05, 0) is 50.8 Å².